The van der Waals surface area contributed by atoms with Gasteiger partial charge < -0.3 is 14.0 Å². The van der Waals surface area contributed by atoms with E-state index in [-0.39, 0.29) is 29.9 Å². The van der Waals surface area contributed by atoms with Gasteiger partial charge in [0.15, 0.2) is 16.4 Å². The molecule has 1 aromatic carbocycles. The third kappa shape index (κ3) is 5.64. The first kappa shape index (κ1) is 22.8. The lowest BCUT2D eigenvalue weighted by atomic mass is 10.1. The molecule has 1 unspecified atom stereocenters. The SMILES string of the molecule is CCOc1ccc(/C=C/C(=O)OCC(=O)c2cc(C)n(C3CCS(=O)(=O)C3)c2C)cc1. The van der Waals surface area contributed by atoms with E-state index in [4.69, 9.17) is 9.47 Å². The van der Waals surface area contributed by atoms with Gasteiger partial charge in [-0.15, -0.1) is 0 Å². The summed E-state index contributed by atoms with van der Waals surface area (Å²) in [5, 5.41) is 0. The van der Waals surface area contributed by atoms with Crippen molar-refractivity contribution in [3.63, 3.8) is 0 Å². The van der Waals surface area contributed by atoms with Gasteiger partial charge in [-0.05, 0) is 57.0 Å². The van der Waals surface area contributed by atoms with Crippen molar-refractivity contribution in [3.05, 3.63) is 58.9 Å². The monoisotopic (exact) mass is 445 g/mol. The van der Waals surface area contributed by atoms with Gasteiger partial charge in [0.25, 0.3) is 0 Å². The van der Waals surface area contributed by atoms with E-state index in [2.05, 4.69) is 0 Å². The van der Waals surface area contributed by atoms with Crippen LogP contribution in [0.1, 0.15) is 46.7 Å². The average molecular weight is 446 g/mol. The lowest BCUT2D eigenvalue weighted by molar-refractivity contribution is -0.136. The summed E-state index contributed by atoms with van der Waals surface area (Å²) in [5.41, 5.74) is 2.78. The molecule has 1 saturated heterocycles. The first-order valence-electron chi connectivity index (χ1n) is 10.2. The number of ketones is 1. The van der Waals surface area contributed by atoms with Crippen LogP contribution in [0.5, 0.6) is 5.75 Å². The maximum atomic E-state index is 12.6. The smallest absolute Gasteiger partial charge is 0.331 e. The Kier molecular flexibility index (Phi) is 7.00. The Balaban J connectivity index is 1.59. The van der Waals surface area contributed by atoms with Crippen LogP contribution in [-0.2, 0) is 19.4 Å². The molecule has 1 aliphatic heterocycles. The number of rotatable bonds is 8. The molecule has 1 aliphatic rings. The fourth-order valence-corrected chi connectivity index (χ4v) is 5.57. The molecule has 0 aliphatic carbocycles. The minimum Gasteiger partial charge on any atom is -0.494 e. The highest BCUT2D eigenvalue weighted by Crippen LogP contribution is 2.29. The standard InChI is InChI=1S/C23H27NO6S/c1-4-29-20-8-5-18(6-9-20)7-10-23(26)30-14-22(25)21-13-16(2)24(17(21)3)19-11-12-31(27,28)15-19/h5-10,13,19H,4,11-12,14-15H2,1-3H3/b10-7+. The number of ether oxygens (including phenoxy) is 2. The van der Waals surface area contributed by atoms with Gasteiger partial charge in [-0.1, -0.05) is 12.1 Å². The first-order valence-corrected chi connectivity index (χ1v) is 12.0. The molecule has 0 amide bonds. The van der Waals surface area contributed by atoms with Gasteiger partial charge in [-0.25, -0.2) is 13.2 Å². The zero-order valence-electron chi connectivity index (χ0n) is 18.0. The van der Waals surface area contributed by atoms with Crippen molar-refractivity contribution in [2.45, 2.75) is 33.2 Å². The molecule has 7 nitrogen and oxygen atoms in total. The number of nitrogens with zero attached hydrogens (tertiary/aromatic N) is 1. The summed E-state index contributed by atoms with van der Waals surface area (Å²) in [6, 6.07) is 8.82. The van der Waals surface area contributed by atoms with Crippen molar-refractivity contribution >= 4 is 27.7 Å². The Bertz CT molecular complexity index is 1100. The van der Waals surface area contributed by atoms with E-state index in [1.54, 1.807) is 19.1 Å². The van der Waals surface area contributed by atoms with Crippen LogP contribution in [0.25, 0.3) is 6.08 Å². The summed E-state index contributed by atoms with van der Waals surface area (Å²) in [4.78, 5) is 24.6. The van der Waals surface area contributed by atoms with E-state index >= 15 is 0 Å². The number of sulfone groups is 1. The first-order chi connectivity index (χ1) is 14.7. The van der Waals surface area contributed by atoms with Gasteiger partial charge in [0.2, 0.25) is 5.78 Å². The molecule has 1 fully saturated rings. The average Bonchev–Trinajstić information content (AvgIpc) is 3.23. The maximum Gasteiger partial charge on any atom is 0.331 e. The summed E-state index contributed by atoms with van der Waals surface area (Å²) in [5.74, 6) is 0.0695. The number of aromatic nitrogens is 1. The van der Waals surface area contributed by atoms with Crippen LogP contribution in [-0.4, -0.2) is 49.5 Å². The van der Waals surface area contributed by atoms with E-state index in [1.165, 1.54) is 6.08 Å². The molecule has 0 N–H and O–H groups in total. The predicted molar refractivity (Wildman–Crippen MR) is 118 cm³/mol. The Morgan fingerprint density at radius 1 is 1.19 bits per heavy atom. The molecule has 2 heterocycles. The molecule has 2 aromatic rings. The van der Waals surface area contributed by atoms with Crippen molar-refractivity contribution in [1.82, 2.24) is 4.57 Å². The molecule has 0 spiro atoms. The summed E-state index contributed by atoms with van der Waals surface area (Å²) in [7, 11) is -3.03. The lowest BCUT2D eigenvalue weighted by Gasteiger charge is -2.16. The van der Waals surface area contributed by atoms with Crippen LogP contribution in [0, 0.1) is 13.8 Å². The highest BCUT2D eigenvalue weighted by Gasteiger charge is 2.31. The van der Waals surface area contributed by atoms with Crippen LogP contribution >= 0.6 is 0 Å². The maximum absolute atomic E-state index is 12.6. The van der Waals surface area contributed by atoms with Gasteiger partial charge in [-0.3, -0.25) is 4.79 Å². The highest BCUT2D eigenvalue weighted by molar-refractivity contribution is 7.91. The van der Waals surface area contributed by atoms with Gasteiger partial charge in [0.1, 0.15) is 5.75 Å². The number of esters is 1. The van der Waals surface area contributed by atoms with Crippen molar-refractivity contribution in [2.75, 3.05) is 24.7 Å². The van der Waals surface area contributed by atoms with E-state index in [9.17, 15) is 18.0 Å². The zero-order valence-corrected chi connectivity index (χ0v) is 18.8. The fourth-order valence-electron chi connectivity index (χ4n) is 3.87. The molecule has 8 heteroatoms. The third-order valence-electron chi connectivity index (χ3n) is 5.31. The summed E-state index contributed by atoms with van der Waals surface area (Å²) < 4.78 is 36.0. The largest absolute Gasteiger partial charge is 0.494 e. The number of aryl methyl sites for hydroxylation is 1. The van der Waals surface area contributed by atoms with E-state index in [0.29, 0.717) is 24.3 Å². The summed E-state index contributed by atoms with van der Waals surface area (Å²) >= 11 is 0. The van der Waals surface area contributed by atoms with E-state index < -0.39 is 15.8 Å². The fraction of sp³-hybridized carbons (Fsp3) is 0.391. The van der Waals surface area contributed by atoms with Crippen LogP contribution in [0.15, 0.2) is 36.4 Å². The van der Waals surface area contributed by atoms with E-state index in [1.807, 2.05) is 42.7 Å². The second kappa shape index (κ2) is 9.51. The van der Waals surface area contributed by atoms with Gasteiger partial charge in [-0.2, -0.15) is 0 Å². The summed E-state index contributed by atoms with van der Waals surface area (Å²) in [6.45, 7) is 5.75. The molecule has 31 heavy (non-hydrogen) atoms. The quantitative estimate of drug-likeness (QED) is 0.352. The normalized spacial score (nSPS) is 17.7. The number of hydrogen-bond donors (Lipinski definition) is 0. The number of benzene rings is 1. The molecule has 3 rings (SSSR count). The summed E-state index contributed by atoms with van der Waals surface area (Å²) in [6.07, 6.45) is 3.42. The molecular weight excluding hydrogens is 418 g/mol. The van der Waals surface area contributed by atoms with Crippen LogP contribution in [0.3, 0.4) is 0 Å². The van der Waals surface area contributed by atoms with Crippen LogP contribution < -0.4 is 4.74 Å². The van der Waals surface area contributed by atoms with Crippen LogP contribution in [0.2, 0.25) is 0 Å². The number of carbonyl (C=O) groups is 2. The lowest BCUT2D eigenvalue weighted by Crippen LogP contribution is -2.16. The Morgan fingerprint density at radius 2 is 1.90 bits per heavy atom. The molecule has 166 valence electrons. The van der Waals surface area contributed by atoms with Gasteiger partial charge in [0.05, 0.1) is 18.1 Å². The Morgan fingerprint density at radius 3 is 2.52 bits per heavy atom. The molecule has 1 atom stereocenters. The Labute approximate surface area is 182 Å². The highest BCUT2D eigenvalue weighted by atomic mass is 32.2. The van der Waals surface area contributed by atoms with Crippen molar-refractivity contribution < 1.29 is 27.5 Å². The molecule has 0 bridgehead atoms. The zero-order chi connectivity index (χ0) is 22.6. The molecule has 1 aromatic heterocycles. The predicted octanol–water partition coefficient (Wildman–Crippen LogP) is 3.30. The van der Waals surface area contributed by atoms with Gasteiger partial charge >= 0.3 is 5.97 Å². The van der Waals surface area contributed by atoms with Crippen molar-refractivity contribution in [3.8, 4) is 5.75 Å². The second-order valence-electron chi connectivity index (χ2n) is 7.58. The minimum absolute atomic E-state index is 0.0856. The van der Waals surface area contributed by atoms with Crippen LogP contribution in [0.4, 0.5) is 0 Å². The number of Topliss-reactive ketones (excluding diaryl/α,β-unsaturated/α-hetero) is 1. The van der Waals surface area contributed by atoms with Crippen molar-refractivity contribution in [1.29, 1.82) is 0 Å². The number of hydrogen-bond acceptors (Lipinski definition) is 6. The molecule has 0 radical (unpaired) electrons. The number of carbonyl (C=O) groups excluding carboxylic acids is 2. The topological polar surface area (TPSA) is 91.7 Å². The van der Waals surface area contributed by atoms with Gasteiger partial charge in [0, 0.05) is 29.1 Å². The molecular formula is C23H27NO6S. The van der Waals surface area contributed by atoms with E-state index in [0.717, 1.165) is 17.0 Å². The Hall–Kier alpha value is -2.87. The van der Waals surface area contributed by atoms with Crippen molar-refractivity contribution in [2.24, 2.45) is 0 Å². The minimum atomic E-state index is -3.03. The second-order valence-corrected chi connectivity index (χ2v) is 9.81. The molecule has 0 saturated carbocycles. The third-order valence-corrected chi connectivity index (χ3v) is 7.06.